The van der Waals surface area contributed by atoms with E-state index in [0.717, 1.165) is 31.9 Å². The second-order valence-corrected chi connectivity index (χ2v) is 5.46. The predicted molar refractivity (Wildman–Crippen MR) is 75.5 cm³/mol. The molecule has 1 unspecified atom stereocenters. The summed E-state index contributed by atoms with van der Waals surface area (Å²) in [6.07, 6.45) is 6.74. The minimum absolute atomic E-state index is 0.414. The predicted octanol–water partition coefficient (Wildman–Crippen LogP) is 3.06. The van der Waals surface area contributed by atoms with Crippen LogP contribution in [0.15, 0.2) is 24.3 Å². The molecule has 1 saturated carbocycles. The molecule has 0 saturated heterocycles. The number of ether oxygens (including phenoxy) is 2. The van der Waals surface area contributed by atoms with E-state index in [1.165, 1.54) is 31.2 Å². The number of para-hydroxylation sites is 1. The van der Waals surface area contributed by atoms with E-state index in [-0.39, 0.29) is 0 Å². The molecular weight excluding hydrogens is 238 g/mol. The zero-order chi connectivity index (χ0) is 12.9. The normalized spacial score (nSPS) is 23.1. The van der Waals surface area contributed by atoms with Crippen LogP contribution in [0.4, 0.5) is 0 Å². The number of fused-ring (bicyclic) bond motifs is 1. The average Bonchev–Trinajstić information content (AvgIpc) is 2.97. The molecule has 19 heavy (non-hydrogen) atoms. The summed E-state index contributed by atoms with van der Waals surface area (Å²) in [5.41, 5.74) is 1.29. The second-order valence-electron chi connectivity index (χ2n) is 5.46. The van der Waals surface area contributed by atoms with Crippen molar-refractivity contribution in [3.05, 3.63) is 29.8 Å². The standard InChI is InChI=1S/C16H23NO2/c1-2-6-13(5-1)18-12-10-17-15-9-11-19-16-8-4-3-7-14(15)16/h3-4,7-8,13,15,17H,1-2,5-6,9-12H2. The van der Waals surface area contributed by atoms with Crippen molar-refractivity contribution in [2.24, 2.45) is 0 Å². The highest BCUT2D eigenvalue weighted by Crippen LogP contribution is 2.31. The first-order chi connectivity index (χ1) is 9.43. The fourth-order valence-corrected chi connectivity index (χ4v) is 3.07. The highest BCUT2D eigenvalue weighted by Gasteiger charge is 2.20. The Labute approximate surface area is 115 Å². The van der Waals surface area contributed by atoms with E-state index < -0.39 is 0 Å². The van der Waals surface area contributed by atoms with Gasteiger partial charge in [-0.1, -0.05) is 31.0 Å². The van der Waals surface area contributed by atoms with Crippen LogP contribution in [0.2, 0.25) is 0 Å². The molecule has 1 aromatic carbocycles. The lowest BCUT2D eigenvalue weighted by atomic mass is 10.0. The first kappa shape index (κ1) is 12.9. The van der Waals surface area contributed by atoms with Crippen LogP contribution in [-0.4, -0.2) is 25.9 Å². The van der Waals surface area contributed by atoms with Crippen LogP contribution < -0.4 is 10.1 Å². The largest absolute Gasteiger partial charge is 0.493 e. The quantitative estimate of drug-likeness (QED) is 0.826. The third-order valence-electron chi connectivity index (χ3n) is 4.11. The molecule has 0 bridgehead atoms. The molecule has 3 rings (SSSR count). The third-order valence-corrected chi connectivity index (χ3v) is 4.11. The van der Waals surface area contributed by atoms with Gasteiger partial charge in [-0.05, 0) is 18.9 Å². The molecule has 104 valence electrons. The molecule has 3 nitrogen and oxygen atoms in total. The van der Waals surface area contributed by atoms with Crippen molar-refractivity contribution in [1.29, 1.82) is 0 Å². The van der Waals surface area contributed by atoms with Crippen LogP contribution in [0.3, 0.4) is 0 Å². The van der Waals surface area contributed by atoms with Crippen LogP contribution in [0.1, 0.15) is 43.7 Å². The summed E-state index contributed by atoms with van der Waals surface area (Å²) in [5, 5.41) is 3.60. The van der Waals surface area contributed by atoms with Crippen molar-refractivity contribution < 1.29 is 9.47 Å². The Morgan fingerprint density at radius 1 is 1.16 bits per heavy atom. The Morgan fingerprint density at radius 2 is 2.00 bits per heavy atom. The van der Waals surface area contributed by atoms with Crippen LogP contribution in [-0.2, 0) is 4.74 Å². The number of benzene rings is 1. The fourth-order valence-electron chi connectivity index (χ4n) is 3.07. The Balaban J connectivity index is 1.45. The van der Waals surface area contributed by atoms with Gasteiger partial charge < -0.3 is 14.8 Å². The van der Waals surface area contributed by atoms with E-state index in [1.54, 1.807) is 0 Å². The van der Waals surface area contributed by atoms with Gasteiger partial charge in [0.1, 0.15) is 5.75 Å². The zero-order valence-electron chi connectivity index (χ0n) is 11.4. The van der Waals surface area contributed by atoms with Gasteiger partial charge in [-0.25, -0.2) is 0 Å². The van der Waals surface area contributed by atoms with Gasteiger partial charge in [0.05, 0.1) is 19.3 Å². The monoisotopic (exact) mass is 261 g/mol. The van der Waals surface area contributed by atoms with Crippen molar-refractivity contribution in [2.75, 3.05) is 19.8 Å². The molecular formula is C16H23NO2. The van der Waals surface area contributed by atoms with Crippen molar-refractivity contribution in [3.8, 4) is 5.75 Å². The van der Waals surface area contributed by atoms with E-state index in [2.05, 4.69) is 23.5 Å². The smallest absolute Gasteiger partial charge is 0.124 e. The second kappa shape index (κ2) is 6.40. The molecule has 1 aliphatic carbocycles. The van der Waals surface area contributed by atoms with E-state index >= 15 is 0 Å². The number of rotatable bonds is 5. The summed E-state index contributed by atoms with van der Waals surface area (Å²) in [6, 6.07) is 8.74. The van der Waals surface area contributed by atoms with Crippen molar-refractivity contribution in [2.45, 2.75) is 44.2 Å². The Bertz CT molecular complexity index is 401. The Morgan fingerprint density at radius 3 is 2.89 bits per heavy atom. The molecule has 0 radical (unpaired) electrons. The third kappa shape index (κ3) is 3.28. The van der Waals surface area contributed by atoms with Gasteiger partial charge in [0.25, 0.3) is 0 Å². The minimum Gasteiger partial charge on any atom is -0.493 e. The highest BCUT2D eigenvalue weighted by atomic mass is 16.5. The zero-order valence-corrected chi connectivity index (χ0v) is 11.4. The lowest BCUT2D eigenvalue weighted by molar-refractivity contribution is 0.0583. The van der Waals surface area contributed by atoms with Gasteiger partial charge in [-0.2, -0.15) is 0 Å². The molecule has 1 atom stereocenters. The maximum atomic E-state index is 5.89. The van der Waals surface area contributed by atoms with Gasteiger partial charge in [0.2, 0.25) is 0 Å². The molecule has 1 heterocycles. The molecule has 0 amide bonds. The lowest BCUT2D eigenvalue weighted by Gasteiger charge is -2.27. The average molecular weight is 261 g/mol. The van der Waals surface area contributed by atoms with Crippen molar-refractivity contribution >= 4 is 0 Å². The summed E-state index contributed by atoms with van der Waals surface area (Å²) >= 11 is 0. The van der Waals surface area contributed by atoms with Gasteiger partial charge in [-0.15, -0.1) is 0 Å². The maximum Gasteiger partial charge on any atom is 0.124 e. The summed E-state index contributed by atoms with van der Waals surface area (Å²) < 4.78 is 11.6. The maximum absolute atomic E-state index is 5.89. The Hall–Kier alpha value is -1.06. The molecule has 0 spiro atoms. The van der Waals surface area contributed by atoms with Crippen molar-refractivity contribution in [3.63, 3.8) is 0 Å². The lowest BCUT2D eigenvalue weighted by Crippen LogP contribution is -2.30. The van der Waals surface area contributed by atoms with E-state index in [4.69, 9.17) is 9.47 Å². The van der Waals surface area contributed by atoms with Gasteiger partial charge >= 0.3 is 0 Å². The molecule has 0 aromatic heterocycles. The fraction of sp³-hybridized carbons (Fsp3) is 0.625. The highest BCUT2D eigenvalue weighted by molar-refractivity contribution is 5.37. The Kier molecular flexibility index (Phi) is 4.36. The van der Waals surface area contributed by atoms with Gasteiger partial charge in [0.15, 0.2) is 0 Å². The van der Waals surface area contributed by atoms with Crippen molar-refractivity contribution in [1.82, 2.24) is 5.32 Å². The first-order valence-corrected chi connectivity index (χ1v) is 7.50. The molecule has 1 fully saturated rings. The van der Waals surface area contributed by atoms with Crippen LogP contribution >= 0.6 is 0 Å². The van der Waals surface area contributed by atoms with E-state index in [9.17, 15) is 0 Å². The van der Waals surface area contributed by atoms with Crippen LogP contribution in [0.25, 0.3) is 0 Å². The number of hydrogen-bond acceptors (Lipinski definition) is 3. The summed E-state index contributed by atoms with van der Waals surface area (Å²) in [7, 11) is 0. The molecule has 1 N–H and O–H groups in total. The SMILES string of the molecule is c1ccc2c(c1)OCCC2NCCOC1CCCC1. The molecule has 2 aliphatic rings. The minimum atomic E-state index is 0.414. The number of nitrogens with one attached hydrogen (secondary N) is 1. The summed E-state index contributed by atoms with van der Waals surface area (Å²) in [5.74, 6) is 1.03. The van der Waals surface area contributed by atoms with E-state index in [0.29, 0.717) is 12.1 Å². The summed E-state index contributed by atoms with van der Waals surface area (Å²) in [6.45, 7) is 2.55. The molecule has 3 heteroatoms. The number of hydrogen-bond donors (Lipinski definition) is 1. The van der Waals surface area contributed by atoms with Crippen LogP contribution in [0.5, 0.6) is 5.75 Å². The first-order valence-electron chi connectivity index (χ1n) is 7.50. The van der Waals surface area contributed by atoms with Gasteiger partial charge in [-0.3, -0.25) is 0 Å². The van der Waals surface area contributed by atoms with E-state index in [1.807, 2.05) is 6.07 Å². The summed E-state index contributed by atoms with van der Waals surface area (Å²) in [4.78, 5) is 0. The topological polar surface area (TPSA) is 30.5 Å². The van der Waals surface area contributed by atoms with Gasteiger partial charge in [0, 0.05) is 24.6 Å². The molecule has 1 aliphatic heterocycles. The molecule has 1 aromatic rings. The van der Waals surface area contributed by atoms with Crippen LogP contribution in [0, 0.1) is 0 Å².